The lowest BCUT2D eigenvalue weighted by Crippen LogP contribution is -2.53. The Labute approximate surface area is 188 Å². The van der Waals surface area contributed by atoms with Crippen molar-refractivity contribution < 1.29 is 9.53 Å². The fraction of sp³-hybridized carbons (Fsp3) is 0.621. The van der Waals surface area contributed by atoms with Crippen molar-refractivity contribution in [3.05, 3.63) is 53.6 Å². The summed E-state index contributed by atoms with van der Waals surface area (Å²) in [4.78, 5) is 11.5. The van der Waals surface area contributed by atoms with Gasteiger partial charge in [0, 0.05) is 6.92 Å². The summed E-state index contributed by atoms with van der Waals surface area (Å²) in [6.45, 7) is 6.69. The topological polar surface area (TPSA) is 26.3 Å². The van der Waals surface area contributed by atoms with Crippen LogP contribution in [0.1, 0.15) is 77.7 Å². The molecule has 0 bridgehead atoms. The molecular weight excluding hydrogens is 380 g/mol. The maximum absolute atomic E-state index is 11.5. The Morgan fingerprint density at radius 1 is 1.00 bits per heavy atom. The van der Waals surface area contributed by atoms with Crippen LogP contribution in [0.5, 0.6) is 0 Å². The van der Waals surface area contributed by atoms with Crippen molar-refractivity contribution in [3.8, 4) is 0 Å². The maximum Gasteiger partial charge on any atom is 0.302 e. The molecule has 0 radical (unpaired) electrons. The molecule has 4 aliphatic carbocycles. The van der Waals surface area contributed by atoms with Crippen LogP contribution in [0.3, 0.4) is 0 Å². The van der Waals surface area contributed by atoms with Crippen LogP contribution >= 0.6 is 0 Å². The Balaban J connectivity index is 1.32. The standard InChI is InChI=1S/C29H38O2/c1-20(30)31-24-15-17-29(3)23(19-24)11-13-25-26-14-12-22(28(26,2)18-16-27(25)29)10-9-21-7-5-4-6-8-21/h4-10,12,23-27H,11,13-19H2,1-3H3/t23-,24-,25-,26-,27+,28-,29-/m1/s1. The number of carbonyl (C=O) groups is 1. The van der Waals surface area contributed by atoms with Crippen LogP contribution in [0.2, 0.25) is 0 Å². The molecule has 0 aliphatic heterocycles. The molecule has 0 N–H and O–H groups in total. The Hall–Kier alpha value is -1.83. The van der Waals surface area contributed by atoms with Gasteiger partial charge in [-0.3, -0.25) is 4.79 Å². The molecule has 0 amide bonds. The molecule has 31 heavy (non-hydrogen) atoms. The molecule has 3 saturated carbocycles. The summed E-state index contributed by atoms with van der Waals surface area (Å²) in [6.07, 6.45) is 17.4. The molecule has 0 aromatic heterocycles. The van der Waals surface area contributed by atoms with Crippen molar-refractivity contribution in [1.82, 2.24) is 0 Å². The number of benzene rings is 1. The van der Waals surface area contributed by atoms with Gasteiger partial charge in [0.15, 0.2) is 0 Å². The van der Waals surface area contributed by atoms with Crippen LogP contribution in [0.15, 0.2) is 48.1 Å². The van der Waals surface area contributed by atoms with Gasteiger partial charge in [0.25, 0.3) is 0 Å². The minimum absolute atomic E-state index is 0.108. The van der Waals surface area contributed by atoms with Gasteiger partial charge in [-0.2, -0.15) is 0 Å². The highest BCUT2D eigenvalue weighted by atomic mass is 16.5. The first-order valence-corrected chi connectivity index (χ1v) is 12.5. The molecule has 3 fully saturated rings. The molecule has 0 unspecified atom stereocenters. The average molecular weight is 419 g/mol. The Kier molecular flexibility index (Phi) is 5.39. The lowest BCUT2D eigenvalue weighted by atomic mass is 9.44. The summed E-state index contributed by atoms with van der Waals surface area (Å²) in [5.74, 6) is 3.11. The van der Waals surface area contributed by atoms with Gasteiger partial charge in [0.2, 0.25) is 0 Å². The van der Waals surface area contributed by atoms with Crippen LogP contribution < -0.4 is 0 Å². The number of hydrogen-bond acceptors (Lipinski definition) is 2. The fourth-order valence-corrected chi connectivity index (χ4v) is 8.17. The predicted octanol–water partition coefficient (Wildman–Crippen LogP) is 7.21. The van der Waals surface area contributed by atoms with E-state index in [1.807, 2.05) is 0 Å². The monoisotopic (exact) mass is 418 g/mol. The second kappa shape index (κ2) is 7.94. The zero-order valence-electron chi connectivity index (χ0n) is 19.5. The highest BCUT2D eigenvalue weighted by Crippen LogP contribution is 2.66. The number of ether oxygens (including phenoxy) is 1. The van der Waals surface area contributed by atoms with Crippen molar-refractivity contribution in [3.63, 3.8) is 0 Å². The zero-order chi connectivity index (χ0) is 21.6. The van der Waals surface area contributed by atoms with E-state index in [1.165, 1.54) is 44.1 Å². The minimum Gasteiger partial charge on any atom is -0.463 e. The van der Waals surface area contributed by atoms with Gasteiger partial charge in [-0.25, -0.2) is 0 Å². The van der Waals surface area contributed by atoms with Crippen molar-refractivity contribution in [2.24, 2.45) is 34.5 Å². The van der Waals surface area contributed by atoms with Crippen molar-refractivity contribution >= 4 is 12.0 Å². The van der Waals surface area contributed by atoms with Gasteiger partial charge in [-0.1, -0.05) is 62.4 Å². The van der Waals surface area contributed by atoms with Gasteiger partial charge in [0.05, 0.1) is 0 Å². The average Bonchev–Trinajstić information content (AvgIpc) is 3.09. The largest absolute Gasteiger partial charge is 0.463 e. The van der Waals surface area contributed by atoms with E-state index in [4.69, 9.17) is 4.74 Å². The first kappa shape index (κ1) is 21.0. The van der Waals surface area contributed by atoms with E-state index in [0.717, 1.165) is 36.5 Å². The smallest absolute Gasteiger partial charge is 0.302 e. The van der Waals surface area contributed by atoms with Crippen LogP contribution in [-0.2, 0) is 9.53 Å². The molecule has 0 spiro atoms. The molecule has 4 aliphatic rings. The summed E-state index contributed by atoms with van der Waals surface area (Å²) < 4.78 is 5.63. The summed E-state index contributed by atoms with van der Waals surface area (Å²) in [5.41, 5.74) is 3.64. The zero-order valence-corrected chi connectivity index (χ0v) is 19.5. The molecule has 2 heteroatoms. The third-order valence-corrected chi connectivity index (χ3v) is 9.85. The molecule has 1 aromatic rings. The van der Waals surface area contributed by atoms with E-state index in [2.05, 4.69) is 62.4 Å². The van der Waals surface area contributed by atoms with Crippen LogP contribution in [0.4, 0.5) is 0 Å². The molecule has 7 atom stereocenters. The van der Waals surface area contributed by atoms with E-state index in [1.54, 1.807) is 12.5 Å². The number of allylic oxidation sites excluding steroid dienone is 3. The van der Waals surface area contributed by atoms with E-state index in [0.29, 0.717) is 10.8 Å². The van der Waals surface area contributed by atoms with Gasteiger partial charge in [0.1, 0.15) is 6.10 Å². The third-order valence-electron chi connectivity index (χ3n) is 9.85. The first-order chi connectivity index (χ1) is 14.9. The number of fused-ring (bicyclic) bond motifs is 5. The summed E-state index contributed by atoms with van der Waals surface area (Å²) in [5, 5.41) is 0. The summed E-state index contributed by atoms with van der Waals surface area (Å²) >= 11 is 0. The van der Waals surface area contributed by atoms with E-state index < -0.39 is 0 Å². The van der Waals surface area contributed by atoms with Gasteiger partial charge >= 0.3 is 5.97 Å². The quantitative estimate of drug-likeness (QED) is 0.485. The first-order valence-electron chi connectivity index (χ1n) is 12.5. The molecule has 5 rings (SSSR count). The third kappa shape index (κ3) is 3.60. The predicted molar refractivity (Wildman–Crippen MR) is 126 cm³/mol. The van der Waals surface area contributed by atoms with E-state index in [-0.39, 0.29) is 12.1 Å². The number of esters is 1. The van der Waals surface area contributed by atoms with Gasteiger partial charge in [-0.15, -0.1) is 0 Å². The number of rotatable bonds is 3. The van der Waals surface area contributed by atoms with Gasteiger partial charge in [-0.05, 0) is 97.0 Å². The second-order valence-corrected chi connectivity index (χ2v) is 11.3. The lowest BCUT2D eigenvalue weighted by Gasteiger charge is -2.60. The molecule has 1 aromatic carbocycles. The van der Waals surface area contributed by atoms with E-state index >= 15 is 0 Å². The van der Waals surface area contributed by atoms with Crippen LogP contribution in [-0.4, -0.2) is 12.1 Å². The van der Waals surface area contributed by atoms with Crippen LogP contribution in [0.25, 0.3) is 6.08 Å². The lowest BCUT2D eigenvalue weighted by molar-refractivity contribution is -0.158. The normalized spacial score (nSPS) is 41.8. The Morgan fingerprint density at radius 3 is 2.58 bits per heavy atom. The molecule has 0 saturated heterocycles. The Morgan fingerprint density at radius 2 is 1.81 bits per heavy atom. The number of hydrogen-bond donors (Lipinski definition) is 0. The SMILES string of the molecule is CC(=O)O[C@@H]1CC[C@]2(C)[C@H](CC[C@@H]3[C@H]4CC=C(C=Cc5ccccc5)[C@@]4(C)CC[C@@H]32)C1. The fourth-order valence-electron chi connectivity index (χ4n) is 8.17. The molecule has 0 heterocycles. The van der Waals surface area contributed by atoms with Gasteiger partial charge < -0.3 is 4.74 Å². The van der Waals surface area contributed by atoms with Crippen molar-refractivity contribution in [1.29, 1.82) is 0 Å². The van der Waals surface area contributed by atoms with Crippen LogP contribution in [0, 0.1) is 34.5 Å². The van der Waals surface area contributed by atoms with Crippen molar-refractivity contribution in [2.45, 2.75) is 78.2 Å². The summed E-state index contributed by atoms with van der Waals surface area (Å²) in [6, 6.07) is 10.7. The van der Waals surface area contributed by atoms with E-state index in [9.17, 15) is 4.79 Å². The number of carbonyl (C=O) groups excluding carboxylic acids is 1. The Bertz CT molecular complexity index is 883. The highest BCUT2D eigenvalue weighted by Gasteiger charge is 2.58. The molecular formula is C29H38O2. The molecule has 166 valence electrons. The second-order valence-electron chi connectivity index (χ2n) is 11.3. The molecule has 2 nitrogen and oxygen atoms in total. The van der Waals surface area contributed by atoms with Crippen molar-refractivity contribution in [2.75, 3.05) is 0 Å². The summed E-state index contributed by atoms with van der Waals surface area (Å²) in [7, 11) is 0. The maximum atomic E-state index is 11.5. The minimum atomic E-state index is -0.108. The highest BCUT2D eigenvalue weighted by molar-refractivity contribution is 5.66.